The third-order valence-electron chi connectivity index (χ3n) is 3.32. The van der Waals surface area contributed by atoms with Crippen LogP contribution < -0.4 is 5.32 Å². The highest BCUT2D eigenvalue weighted by Gasteiger charge is 2.20. The lowest BCUT2D eigenvalue weighted by Gasteiger charge is -2.36. The molecule has 1 aromatic rings. The molecule has 110 valence electrons. The minimum Gasteiger partial charge on any atom is -0.467 e. The maximum atomic E-state index is 11.3. The van der Waals surface area contributed by atoms with Gasteiger partial charge in [-0.2, -0.15) is 0 Å². The molecule has 0 unspecified atom stereocenters. The molecule has 0 aromatic carbocycles. The topological polar surface area (TPSA) is 61.1 Å². The number of hydrogen-bond donors (Lipinski definition) is 1. The molecule has 2 rings (SSSR count). The number of rotatable bonds is 3. The van der Waals surface area contributed by atoms with Crippen molar-refractivity contribution in [1.82, 2.24) is 15.1 Å². The molecule has 0 atom stereocenters. The number of hydrogen-bond acceptors (Lipinski definition) is 3. The summed E-state index contributed by atoms with van der Waals surface area (Å²) in [6.07, 6.45) is 1.66. The number of guanidine groups is 1. The van der Waals surface area contributed by atoms with Gasteiger partial charge in [0.1, 0.15) is 12.3 Å². The standard InChI is InChI=1S/C14H22N4O2/c1-3-15-14(16-11-13-5-4-10-20-13)18-8-6-17(7-9-18)12(2)19/h4-5,10H,3,6-9,11H2,1-2H3,(H,15,16). The summed E-state index contributed by atoms with van der Waals surface area (Å²) in [5, 5.41) is 3.29. The maximum absolute atomic E-state index is 11.3. The van der Waals surface area contributed by atoms with Gasteiger partial charge in [0.25, 0.3) is 0 Å². The molecular weight excluding hydrogens is 256 g/mol. The molecule has 1 aliphatic rings. The van der Waals surface area contributed by atoms with Crippen LogP contribution in [0.15, 0.2) is 27.8 Å². The van der Waals surface area contributed by atoms with Crippen LogP contribution in [0.4, 0.5) is 0 Å². The molecule has 0 radical (unpaired) electrons. The number of nitrogens with one attached hydrogen (secondary N) is 1. The molecular formula is C14H22N4O2. The Labute approximate surface area is 119 Å². The first-order valence-electron chi connectivity index (χ1n) is 7.02. The van der Waals surface area contributed by atoms with E-state index in [2.05, 4.69) is 15.2 Å². The summed E-state index contributed by atoms with van der Waals surface area (Å²) >= 11 is 0. The van der Waals surface area contributed by atoms with E-state index in [0.29, 0.717) is 6.54 Å². The number of carbonyl (C=O) groups is 1. The molecule has 1 fully saturated rings. The highest BCUT2D eigenvalue weighted by atomic mass is 16.3. The van der Waals surface area contributed by atoms with Crippen molar-refractivity contribution in [3.8, 4) is 0 Å². The Morgan fingerprint density at radius 2 is 2.05 bits per heavy atom. The first-order chi connectivity index (χ1) is 9.70. The number of furan rings is 1. The van der Waals surface area contributed by atoms with Crippen LogP contribution in [-0.2, 0) is 11.3 Å². The van der Waals surface area contributed by atoms with Gasteiger partial charge < -0.3 is 19.5 Å². The number of amides is 1. The SMILES string of the molecule is CCNC(=NCc1ccco1)N1CCN(C(C)=O)CC1. The van der Waals surface area contributed by atoms with E-state index in [1.807, 2.05) is 24.0 Å². The number of nitrogens with zero attached hydrogens (tertiary/aromatic N) is 3. The lowest BCUT2D eigenvalue weighted by molar-refractivity contribution is -0.130. The molecule has 6 nitrogen and oxygen atoms in total. The average molecular weight is 278 g/mol. The quantitative estimate of drug-likeness (QED) is 0.659. The van der Waals surface area contributed by atoms with E-state index in [1.54, 1.807) is 13.2 Å². The number of carbonyl (C=O) groups excluding carboxylic acids is 1. The van der Waals surface area contributed by atoms with Crippen LogP contribution in [0.1, 0.15) is 19.6 Å². The average Bonchev–Trinajstić information content (AvgIpc) is 2.97. The third kappa shape index (κ3) is 3.76. The second kappa shape index (κ2) is 6.98. The Kier molecular flexibility index (Phi) is 5.03. The number of aliphatic imine (C=N–C) groups is 1. The van der Waals surface area contributed by atoms with Crippen LogP contribution in [0.3, 0.4) is 0 Å². The number of piperazine rings is 1. The van der Waals surface area contributed by atoms with E-state index in [-0.39, 0.29) is 5.91 Å². The Morgan fingerprint density at radius 1 is 1.35 bits per heavy atom. The molecule has 20 heavy (non-hydrogen) atoms. The van der Waals surface area contributed by atoms with Crippen molar-refractivity contribution >= 4 is 11.9 Å². The third-order valence-corrected chi connectivity index (χ3v) is 3.32. The van der Waals surface area contributed by atoms with Crippen molar-refractivity contribution in [1.29, 1.82) is 0 Å². The van der Waals surface area contributed by atoms with Crippen LogP contribution in [-0.4, -0.2) is 54.4 Å². The molecule has 0 spiro atoms. The smallest absolute Gasteiger partial charge is 0.219 e. The summed E-state index contributed by atoms with van der Waals surface area (Å²) in [6.45, 7) is 8.14. The van der Waals surface area contributed by atoms with Crippen molar-refractivity contribution in [3.63, 3.8) is 0 Å². The minimum absolute atomic E-state index is 0.141. The first kappa shape index (κ1) is 14.4. The lowest BCUT2D eigenvalue weighted by atomic mass is 10.3. The van der Waals surface area contributed by atoms with Crippen molar-refractivity contribution in [2.75, 3.05) is 32.7 Å². The molecule has 0 bridgehead atoms. The van der Waals surface area contributed by atoms with Crippen LogP contribution in [0.5, 0.6) is 0 Å². The van der Waals surface area contributed by atoms with Crippen molar-refractivity contribution in [3.05, 3.63) is 24.2 Å². The molecule has 0 saturated carbocycles. The molecule has 1 aliphatic heterocycles. The van der Waals surface area contributed by atoms with Crippen molar-refractivity contribution in [2.45, 2.75) is 20.4 Å². The zero-order chi connectivity index (χ0) is 14.4. The molecule has 0 aliphatic carbocycles. The van der Waals surface area contributed by atoms with Gasteiger partial charge in [-0.3, -0.25) is 4.79 Å². The minimum atomic E-state index is 0.141. The van der Waals surface area contributed by atoms with Gasteiger partial charge in [0, 0.05) is 39.6 Å². The molecule has 1 saturated heterocycles. The fourth-order valence-electron chi connectivity index (χ4n) is 2.21. The van der Waals surface area contributed by atoms with E-state index in [1.165, 1.54) is 0 Å². The Hall–Kier alpha value is -1.98. The molecule has 1 aromatic heterocycles. The van der Waals surface area contributed by atoms with Gasteiger partial charge in [0.15, 0.2) is 5.96 Å². The fraction of sp³-hybridized carbons (Fsp3) is 0.571. The maximum Gasteiger partial charge on any atom is 0.219 e. The predicted octanol–water partition coefficient (Wildman–Crippen LogP) is 0.909. The van der Waals surface area contributed by atoms with Crippen LogP contribution in [0.25, 0.3) is 0 Å². The highest BCUT2D eigenvalue weighted by molar-refractivity contribution is 5.80. The Balaban J connectivity index is 1.95. The van der Waals surface area contributed by atoms with Gasteiger partial charge in [0.2, 0.25) is 5.91 Å². The van der Waals surface area contributed by atoms with Gasteiger partial charge in [-0.15, -0.1) is 0 Å². The Morgan fingerprint density at radius 3 is 2.60 bits per heavy atom. The summed E-state index contributed by atoms with van der Waals surface area (Å²) in [5.41, 5.74) is 0. The normalized spacial score (nSPS) is 16.4. The highest BCUT2D eigenvalue weighted by Crippen LogP contribution is 2.05. The summed E-state index contributed by atoms with van der Waals surface area (Å²) in [6, 6.07) is 3.78. The van der Waals surface area contributed by atoms with Gasteiger partial charge in [-0.05, 0) is 19.1 Å². The van der Waals surface area contributed by atoms with Crippen LogP contribution >= 0.6 is 0 Å². The van der Waals surface area contributed by atoms with Gasteiger partial charge in [-0.1, -0.05) is 0 Å². The van der Waals surface area contributed by atoms with Gasteiger partial charge in [-0.25, -0.2) is 4.99 Å². The van der Waals surface area contributed by atoms with Crippen molar-refractivity contribution in [2.24, 2.45) is 4.99 Å². The zero-order valence-electron chi connectivity index (χ0n) is 12.1. The fourth-order valence-corrected chi connectivity index (χ4v) is 2.21. The van der Waals surface area contributed by atoms with E-state index < -0.39 is 0 Å². The monoisotopic (exact) mass is 278 g/mol. The summed E-state index contributed by atoms with van der Waals surface area (Å²) in [5.74, 6) is 1.87. The zero-order valence-corrected chi connectivity index (χ0v) is 12.1. The summed E-state index contributed by atoms with van der Waals surface area (Å²) < 4.78 is 5.29. The van der Waals surface area contributed by atoms with Crippen LogP contribution in [0, 0.1) is 0 Å². The van der Waals surface area contributed by atoms with Crippen LogP contribution in [0.2, 0.25) is 0 Å². The Bertz CT molecular complexity index is 448. The second-order valence-corrected chi connectivity index (χ2v) is 4.74. The largest absolute Gasteiger partial charge is 0.467 e. The van der Waals surface area contributed by atoms with E-state index >= 15 is 0 Å². The van der Waals surface area contributed by atoms with Gasteiger partial charge >= 0.3 is 0 Å². The van der Waals surface area contributed by atoms with Gasteiger partial charge in [0.05, 0.1) is 6.26 Å². The molecule has 1 N–H and O–H groups in total. The van der Waals surface area contributed by atoms with E-state index in [0.717, 1.165) is 44.4 Å². The summed E-state index contributed by atoms with van der Waals surface area (Å²) in [4.78, 5) is 20.0. The van der Waals surface area contributed by atoms with Crippen molar-refractivity contribution < 1.29 is 9.21 Å². The van der Waals surface area contributed by atoms with E-state index in [9.17, 15) is 4.79 Å². The summed E-state index contributed by atoms with van der Waals surface area (Å²) in [7, 11) is 0. The molecule has 6 heteroatoms. The second-order valence-electron chi connectivity index (χ2n) is 4.74. The lowest BCUT2D eigenvalue weighted by Crippen LogP contribution is -2.53. The molecule has 1 amide bonds. The predicted molar refractivity (Wildman–Crippen MR) is 77.4 cm³/mol. The molecule has 2 heterocycles. The first-order valence-corrected chi connectivity index (χ1v) is 7.02. The van der Waals surface area contributed by atoms with E-state index in [4.69, 9.17) is 4.42 Å².